The largest absolute Gasteiger partial charge is 0.481 e. The molecule has 1 aromatic carbocycles. The van der Waals surface area contributed by atoms with Gasteiger partial charge in [0.05, 0.1) is 11.5 Å². The molecule has 0 spiro atoms. The van der Waals surface area contributed by atoms with Crippen molar-refractivity contribution in [1.29, 1.82) is 0 Å². The smallest absolute Gasteiger partial charge is 0.335 e. The molecule has 0 saturated carbocycles. The van der Waals surface area contributed by atoms with Crippen molar-refractivity contribution in [3.05, 3.63) is 35.4 Å². The molecule has 2 rings (SSSR count). The molecule has 6 nitrogen and oxygen atoms in total. The van der Waals surface area contributed by atoms with Gasteiger partial charge in [0.25, 0.3) is 5.91 Å². The van der Waals surface area contributed by atoms with Gasteiger partial charge in [-0.05, 0) is 44.0 Å². The summed E-state index contributed by atoms with van der Waals surface area (Å²) in [6, 6.07) is 5.65. The molecule has 1 aromatic rings. The van der Waals surface area contributed by atoms with Crippen LogP contribution in [-0.2, 0) is 4.79 Å². The lowest BCUT2D eigenvalue weighted by molar-refractivity contribution is -0.143. The number of carbonyl (C=O) groups is 3. The van der Waals surface area contributed by atoms with Crippen LogP contribution in [0.3, 0.4) is 0 Å². The summed E-state index contributed by atoms with van der Waals surface area (Å²) in [4.78, 5) is 35.9. The highest BCUT2D eigenvalue weighted by Gasteiger charge is 2.32. The molecule has 1 fully saturated rings. The van der Waals surface area contributed by atoms with Gasteiger partial charge in [-0.1, -0.05) is 0 Å². The Kier molecular flexibility index (Phi) is 4.26. The first-order valence-corrected chi connectivity index (χ1v) is 6.77. The number of rotatable bonds is 3. The first-order chi connectivity index (χ1) is 9.90. The summed E-state index contributed by atoms with van der Waals surface area (Å²) in [5, 5.41) is 17.9. The maximum atomic E-state index is 12.4. The maximum Gasteiger partial charge on any atom is 0.335 e. The zero-order valence-electron chi connectivity index (χ0n) is 11.7. The zero-order chi connectivity index (χ0) is 15.6. The SMILES string of the molecule is CC1CCC(C(=O)O)CN1C(=O)c1ccc(C(=O)O)cc1. The van der Waals surface area contributed by atoms with Gasteiger partial charge in [-0.2, -0.15) is 0 Å². The number of carboxylic acid groups (broad SMARTS) is 2. The van der Waals surface area contributed by atoms with Gasteiger partial charge < -0.3 is 15.1 Å². The Morgan fingerprint density at radius 2 is 1.62 bits per heavy atom. The van der Waals surface area contributed by atoms with E-state index in [1.807, 2.05) is 6.92 Å². The fraction of sp³-hybridized carbons (Fsp3) is 0.400. The van der Waals surface area contributed by atoms with E-state index >= 15 is 0 Å². The van der Waals surface area contributed by atoms with Gasteiger partial charge in [-0.3, -0.25) is 9.59 Å². The van der Waals surface area contributed by atoms with Crippen LogP contribution in [0, 0.1) is 5.92 Å². The molecule has 21 heavy (non-hydrogen) atoms. The standard InChI is InChI=1S/C15H17NO5/c1-9-2-3-12(15(20)21)8-16(9)13(17)10-4-6-11(7-5-10)14(18)19/h4-7,9,12H,2-3,8H2,1H3,(H,18,19)(H,20,21). The van der Waals surface area contributed by atoms with Gasteiger partial charge >= 0.3 is 11.9 Å². The second-order valence-corrected chi connectivity index (χ2v) is 5.30. The summed E-state index contributed by atoms with van der Waals surface area (Å²) < 4.78 is 0. The summed E-state index contributed by atoms with van der Waals surface area (Å²) in [7, 11) is 0. The summed E-state index contributed by atoms with van der Waals surface area (Å²) >= 11 is 0. The van der Waals surface area contributed by atoms with Crippen LogP contribution < -0.4 is 0 Å². The Labute approximate surface area is 122 Å². The van der Waals surface area contributed by atoms with E-state index in [2.05, 4.69) is 0 Å². The van der Waals surface area contributed by atoms with Crippen LogP contribution in [0.25, 0.3) is 0 Å². The summed E-state index contributed by atoms with van der Waals surface area (Å²) in [6.45, 7) is 2.08. The van der Waals surface area contributed by atoms with Crippen molar-refractivity contribution in [3.63, 3.8) is 0 Å². The Morgan fingerprint density at radius 1 is 1.05 bits per heavy atom. The summed E-state index contributed by atoms with van der Waals surface area (Å²) in [5.74, 6) is -2.74. The van der Waals surface area contributed by atoms with Gasteiger partial charge in [0.2, 0.25) is 0 Å². The maximum absolute atomic E-state index is 12.4. The predicted molar refractivity (Wildman–Crippen MR) is 74.3 cm³/mol. The van der Waals surface area contributed by atoms with E-state index in [9.17, 15) is 14.4 Å². The number of piperidine rings is 1. The molecule has 6 heteroatoms. The van der Waals surface area contributed by atoms with Crippen LogP contribution in [0.4, 0.5) is 0 Å². The van der Waals surface area contributed by atoms with Crippen LogP contribution in [0.5, 0.6) is 0 Å². The molecule has 1 heterocycles. The van der Waals surface area contributed by atoms with E-state index in [0.717, 1.165) is 0 Å². The normalized spacial score (nSPS) is 21.9. The molecule has 1 aliphatic rings. The zero-order valence-corrected chi connectivity index (χ0v) is 11.7. The van der Waals surface area contributed by atoms with E-state index in [1.165, 1.54) is 24.3 Å². The van der Waals surface area contributed by atoms with Gasteiger partial charge in [-0.25, -0.2) is 4.79 Å². The van der Waals surface area contributed by atoms with Crippen LogP contribution in [0.1, 0.15) is 40.5 Å². The second kappa shape index (κ2) is 5.95. The number of hydrogen-bond acceptors (Lipinski definition) is 3. The van der Waals surface area contributed by atoms with E-state index in [-0.39, 0.29) is 24.1 Å². The number of hydrogen-bond donors (Lipinski definition) is 2. The third-order valence-electron chi connectivity index (χ3n) is 3.87. The fourth-order valence-corrected chi connectivity index (χ4v) is 2.51. The highest BCUT2D eigenvalue weighted by Crippen LogP contribution is 2.24. The number of carbonyl (C=O) groups excluding carboxylic acids is 1. The van der Waals surface area contributed by atoms with Crippen molar-refractivity contribution in [2.45, 2.75) is 25.8 Å². The van der Waals surface area contributed by atoms with Gasteiger partial charge in [0.1, 0.15) is 0 Å². The summed E-state index contributed by atoms with van der Waals surface area (Å²) in [5.41, 5.74) is 0.486. The molecule has 112 valence electrons. The Hall–Kier alpha value is -2.37. The van der Waals surface area contributed by atoms with Crippen LogP contribution >= 0.6 is 0 Å². The summed E-state index contributed by atoms with van der Waals surface area (Å²) in [6.07, 6.45) is 1.22. The lowest BCUT2D eigenvalue weighted by Crippen LogP contribution is -2.47. The molecule has 0 bridgehead atoms. The van der Waals surface area contributed by atoms with Gasteiger partial charge in [0, 0.05) is 18.2 Å². The van der Waals surface area contributed by atoms with Crippen molar-refractivity contribution in [3.8, 4) is 0 Å². The molecule has 1 aliphatic heterocycles. The average Bonchev–Trinajstić information content (AvgIpc) is 2.47. The highest BCUT2D eigenvalue weighted by atomic mass is 16.4. The van der Waals surface area contributed by atoms with Crippen molar-refractivity contribution in [2.75, 3.05) is 6.54 Å². The monoisotopic (exact) mass is 291 g/mol. The fourth-order valence-electron chi connectivity index (χ4n) is 2.51. The van der Waals surface area contributed by atoms with Crippen molar-refractivity contribution >= 4 is 17.8 Å². The van der Waals surface area contributed by atoms with Crippen LogP contribution in [0.2, 0.25) is 0 Å². The van der Waals surface area contributed by atoms with Crippen LogP contribution in [-0.4, -0.2) is 45.5 Å². The lowest BCUT2D eigenvalue weighted by atomic mass is 9.93. The molecule has 1 saturated heterocycles. The third-order valence-corrected chi connectivity index (χ3v) is 3.87. The number of carboxylic acids is 2. The number of benzene rings is 1. The van der Waals surface area contributed by atoms with Gasteiger partial charge in [-0.15, -0.1) is 0 Å². The molecule has 2 atom stereocenters. The quantitative estimate of drug-likeness (QED) is 0.884. The molecular weight excluding hydrogens is 274 g/mol. The van der Waals surface area contributed by atoms with Crippen molar-refractivity contribution in [2.24, 2.45) is 5.92 Å². The van der Waals surface area contributed by atoms with E-state index in [4.69, 9.17) is 10.2 Å². The van der Waals surface area contributed by atoms with E-state index < -0.39 is 17.9 Å². The first kappa shape index (κ1) is 15.0. The van der Waals surface area contributed by atoms with Crippen molar-refractivity contribution < 1.29 is 24.6 Å². The van der Waals surface area contributed by atoms with E-state index in [1.54, 1.807) is 4.90 Å². The number of nitrogens with zero attached hydrogens (tertiary/aromatic N) is 1. The minimum absolute atomic E-state index is 0.0211. The molecule has 2 unspecified atom stereocenters. The number of likely N-dealkylation sites (tertiary alicyclic amines) is 1. The Morgan fingerprint density at radius 3 is 2.14 bits per heavy atom. The van der Waals surface area contributed by atoms with Crippen LogP contribution in [0.15, 0.2) is 24.3 Å². The molecule has 0 aliphatic carbocycles. The number of aromatic carboxylic acids is 1. The Balaban J connectivity index is 2.17. The molecule has 2 N–H and O–H groups in total. The lowest BCUT2D eigenvalue weighted by Gasteiger charge is -2.36. The first-order valence-electron chi connectivity index (χ1n) is 6.77. The molecule has 0 radical (unpaired) electrons. The Bertz CT molecular complexity index is 566. The molecular formula is C15H17NO5. The van der Waals surface area contributed by atoms with Crippen molar-refractivity contribution in [1.82, 2.24) is 4.90 Å². The van der Waals surface area contributed by atoms with E-state index in [0.29, 0.717) is 18.4 Å². The minimum Gasteiger partial charge on any atom is -0.481 e. The topological polar surface area (TPSA) is 94.9 Å². The third kappa shape index (κ3) is 3.21. The van der Waals surface area contributed by atoms with Gasteiger partial charge in [0.15, 0.2) is 0 Å². The molecule has 1 amide bonds. The predicted octanol–water partition coefficient (Wildman–Crippen LogP) is 1.71. The second-order valence-electron chi connectivity index (χ2n) is 5.30. The highest BCUT2D eigenvalue weighted by molar-refractivity contribution is 5.96. The minimum atomic E-state index is -1.05. The number of aliphatic carboxylic acids is 1. The number of amides is 1. The molecule has 0 aromatic heterocycles. The average molecular weight is 291 g/mol.